The lowest BCUT2D eigenvalue weighted by Crippen LogP contribution is -2.11. The molecule has 0 aliphatic rings. The van der Waals surface area contributed by atoms with Crippen LogP contribution in [-0.2, 0) is 0 Å². The largest absolute Gasteiger partial charge is 0.443 e. The van der Waals surface area contributed by atoms with Crippen LogP contribution in [0.5, 0.6) is 0 Å². The fourth-order valence-electron chi connectivity index (χ4n) is 2.90. The predicted octanol–water partition coefficient (Wildman–Crippen LogP) is 4.20. The van der Waals surface area contributed by atoms with E-state index >= 15 is 0 Å². The Morgan fingerprint density at radius 2 is 2.00 bits per heavy atom. The number of hydrogen-bond acceptors (Lipinski definition) is 6. The number of hydrogen-bond donors (Lipinski definition) is 1. The quantitative estimate of drug-likeness (QED) is 0.584. The summed E-state index contributed by atoms with van der Waals surface area (Å²) >= 11 is 0. The second-order valence-corrected chi connectivity index (χ2v) is 6.31. The van der Waals surface area contributed by atoms with Crippen molar-refractivity contribution in [2.24, 2.45) is 0 Å². The summed E-state index contributed by atoms with van der Waals surface area (Å²) in [6.07, 6.45) is 4.89. The first-order chi connectivity index (χ1) is 12.7. The third-order valence-corrected chi connectivity index (χ3v) is 4.39. The van der Waals surface area contributed by atoms with E-state index in [-0.39, 0.29) is 5.92 Å². The molecule has 0 amide bonds. The summed E-state index contributed by atoms with van der Waals surface area (Å²) in [4.78, 5) is 17.3. The summed E-state index contributed by atoms with van der Waals surface area (Å²) in [5.74, 6) is 1.04. The third-order valence-electron chi connectivity index (χ3n) is 4.39. The Morgan fingerprint density at radius 3 is 2.85 bits per heavy atom. The lowest BCUT2D eigenvalue weighted by molar-refractivity contribution is 0.602. The van der Waals surface area contributed by atoms with Crippen molar-refractivity contribution in [1.82, 2.24) is 19.9 Å². The number of aromatic nitrogens is 4. The van der Waals surface area contributed by atoms with Gasteiger partial charge in [0, 0.05) is 36.0 Å². The highest BCUT2D eigenvalue weighted by Crippen LogP contribution is 2.25. The molecule has 4 aromatic rings. The first-order valence-corrected chi connectivity index (χ1v) is 8.52. The Bertz CT molecular complexity index is 1030. The van der Waals surface area contributed by atoms with Crippen molar-refractivity contribution in [3.63, 3.8) is 0 Å². The highest BCUT2D eigenvalue weighted by molar-refractivity contribution is 5.76. The van der Waals surface area contributed by atoms with Crippen LogP contribution in [0.4, 0.5) is 5.82 Å². The number of para-hydroxylation sites is 1. The first kappa shape index (κ1) is 16.2. The molecule has 6 nitrogen and oxygen atoms in total. The molecule has 0 aliphatic heterocycles. The molecule has 130 valence electrons. The van der Waals surface area contributed by atoms with E-state index in [2.05, 4.69) is 38.2 Å². The van der Waals surface area contributed by atoms with Crippen LogP contribution in [0.15, 0.2) is 59.7 Å². The van der Waals surface area contributed by atoms with E-state index in [4.69, 9.17) is 4.42 Å². The normalized spacial score (nSPS) is 12.2. The minimum Gasteiger partial charge on any atom is -0.443 e. The molecule has 1 aromatic carbocycles. The number of pyridine rings is 1. The molecule has 4 rings (SSSR count). The second kappa shape index (κ2) is 6.92. The molecule has 3 heterocycles. The fraction of sp³-hybridized carbons (Fsp3) is 0.200. The highest BCUT2D eigenvalue weighted by atomic mass is 16.3. The van der Waals surface area contributed by atoms with E-state index in [1.165, 1.54) is 6.39 Å². The van der Waals surface area contributed by atoms with Gasteiger partial charge in [-0.1, -0.05) is 19.1 Å². The van der Waals surface area contributed by atoms with Gasteiger partial charge in [-0.25, -0.2) is 15.0 Å². The van der Waals surface area contributed by atoms with Crippen LogP contribution in [-0.4, -0.2) is 26.5 Å². The Hall–Kier alpha value is -3.28. The third kappa shape index (κ3) is 3.26. The van der Waals surface area contributed by atoms with Crippen molar-refractivity contribution in [3.8, 4) is 11.3 Å². The Labute approximate surface area is 151 Å². The molecule has 3 aromatic heterocycles. The minimum atomic E-state index is 0.253. The molecule has 6 heteroatoms. The maximum Gasteiger partial charge on any atom is 0.181 e. The summed E-state index contributed by atoms with van der Waals surface area (Å²) in [5, 5.41) is 3.39. The molecule has 1 N–H and O–H groups in total. The van der Waals surface area contributed by atoms with Crippen LogP contribution < -0.4 is 5.32 Å². The molecule has 0 saturated carbocycles. The van der Waals surface area contributed by atoms with Gasteiger partial charge in [-0.05, 0) is 30.7 Å². The van der Waals surface area contributed by atoms with Gasteiger partial charge in [0.15, 0.2) is 12.0 Å². The van der Waals surface area contributed by atoms with Crippen molar-refractivity contribution in [1.29, 1.82) is 0 Å². The van der Waals surface area contributed by atoms with E-state index in [9.17, 15) is 0 Å². The smallest absolute Gasteiger partial charge is 0.181 e. The van der Waals surface area contributed by atoms with Crippen molar-refractivity contribution in [2.75, 3.05) is 11.9 Å². The Morgan fingerprint density at radius 1 is 1.08 bits per heavy atom. The Kier molecular flexibility index (Phi) is 4.31. The van der Waals surface area contributed by atoms with Crippen LogP contribution in [0.2, 0.25) is 0 Å². The number of nitrogens with one attached hydrogen (secondary N) is 1. The molecular formula is C20H19N5O. The molecular weight excluding hydrogens is 326 g/mol. The van der Waals surface area contributed by atoms with Crippen molar-refractivity contribution >= 4 is 16.9 Å². The van der Waals surface area contributed by atoms with Crippen molar-refractivity contribution < 1.29 is 4.42 Å². The van der Waals surface area contributed by atoms with Gasteiger partial charge in [0.1, 0.15) is 17.7 Å². The lowest BCUT2D eigenvalue weighted by Gasteiger charge is -2.14. The summed E-state index contributed by atoms with van der Waals surface area (Å²) in [6.45, 7) is 4.85. The standard InChI is InChI=1S/C20H19N5O/c1-13(16-4-3-5-18-20(16)25-12-26-18)9-22-19-8-17(23-11-24-19)15-7-6-14(2)21-10-15/h3-8,10-13H,9H2,1-2H3,(H,22,23,24). The highest BCUT2D eigenvalue weighted by Gasteiger charge is 2.12. The van der Waals surface area contributed by atoms with E-state index in [0.29, 0.717) is 0 Å². The van der Waals surface area contributed by atoms with E-state index in [1.807, 2.05) is 43.5 Å². The molecule has 1 atom stereocenters. The zero-order valence-corrected chi connectivity index (χ0v) is 14.7. The van der Waals surface area contributed by atoms with Gasteiger partial charge in [-0.15, -0.1) is 0 Å². The van der Waals surface area contributed by atoms with Gasteiger partial charge in [0.2, 0.25) is 0 Å². The number of nitrogens with zero attached hydrogens (tertiary/aromatic N) is 4. The molecule has 0 fully saturated rings. The summed E-state index contributed by atoms with van der Waals surface area (Å²) < 4.78 is 5.39. The zero-order chi connectivity index (χ0) is 17.9. The average molecular weight is 345 g/mol. The number of oxazole rings is 1. The second-order valence-electron chi connectivity index (χ2n) is 6.31. The number of fused-ring (bicyclic) bond motifs is 1. The van der Waals surface area contributed by atoms with E-state index in [1.54, 1.807) is 6.33 Å². The molecule has 0 radical (unpaired) electrons. The summed E-state index contributed by atoms with van der Waals surface area (Å²) in [5.41, 5.74) is 5.68. The fourth-order valence-corrected chi connectivity index (χ4v) is 2.90. The summed E-state index contributed by atoms with van der Waals surface area (Å²) in [7, 11) is 0. The van der Waals surface area contributed by atoms with Crippen LogP contribution in [0.1, 0.15) is 24.1 Å². The molecule has 0 bridgehead atoms. The van der Waals surface area contributed by atoms with E-state index < -0.39 is 0 Å². The average Bonchev–Trinajstić information content (AvgIpc) is 3.16. The van der Waals surface area contributed by atoms with Crippen LogP contribution in [0.25, 0.3) is 22.4 Å². The molecule has 0 spiro atoms. The SMILES string of the molecule is Cc1ccc(-c2cc(NCC(C)c3cccc4ocnc34)ncn2)cn1. The van der Waals surface area contributed by atoms with Crippen molar-refractivity contribution in [3.05, 3.63) is 66.6 Å². The Balaban J connectivity index is 1.50. The van der Waals surface area contributed by atoms with Gasteiger partial charge in [-0.2, -0.15) is 0 Å². The lowest BCUT2D eigenvalue weighted by atomic mass is 10.00. The minimum absolute atomic E-state index is 0.253. The maximum absolute atomic E-state index is 5.39. The monoisotopic (exact) mass is 345 g/mol. The van der Waals surface area contributed by atoms with Gasteiger partial charge >= 0.3 is 0 Å². The van der Waals surface area contributed by atoms with Crippen molar-refractivity contribution in [2.45, 2.75) is 19.8 Å². The topological polar surface area (TPSA) is 76.7 Å². The molecule has 0 aliphatic carbocycles. The van der Waals surface area contributed by atoms with Gasteiger partial charge < -0.3 is 9.73 Å². The maximum atomic E-state index is 5.39. The van der Waals surface area contributed by atoms with Gasteiger partial charge in [-0.3, -0.25) is 4.98 Å². The predicted molar refractivity (Wildman–Crippen MR) is 101 cm³/mol. The van der Waals surface area contributed by atoms with E-state index in [0.717, 1.165) is 46.0 Å². The number of anilines is 1. The van der Waals surface area contributed by atoms with Crippen LogP contribution in [0.3, 0.4) is 0 Å². The summed E-state index contributed by atoms with van der Waals surface area (Å²) in [6, 6.07) is 11.9. The number of rotatable bonds is 5. The van der Waals surface area contributed by atoms with Gasteiger partial charge in [0.05, 0.1) is 5.69 Å². The van der Waals surface area contributed by atoms with Crippen LogP contribution >= 0.6 is 0 Å². The molecule has 0 saturated heterocycles. The number of aryl methyl sites for hydroxylation is 1. The molecule has 1 unspecified atom stereocenters. The first-order valence-electron chi connectivity index (χ1n) is 8.52. The number of benzene rings is 1. The zero-order valence-electron chi connectivity index (χ0n) is 14.7. The van der Waals surface area contributed by atoms with Crippen LogP contribution in [0, 0.1) is 6.92 Å². The van der Waals surface area contributed by atoms with Gasteiger partial charge in [0.25, 0.3) is 0 Å². The molecule has 26 heavy (non-hydrogen) atoms.